The van der Waals surface area contributed by atoms with Crippen molar-refractivity contribution in [3.63, 3.8) is 0 Å². The zero-order valence-corrected chi connectivity index (χ0v) is 8.88. The van der Waals surface area contributed by atoms with Gasteiger partial charge >= 0.3 is 6.09 Å². The van der Waals surface area contributed by atoms with E-state index in [0.717, 1.165) is 0 Å². The van der Waals surface area contributed by atoms with Gasteiger partial charge in [0.2, 0.25) is 0 Å². The number of hydrogen-bond donors (Lipinski definition) is 2. The molecule has 2 N–H and O–H groups in total. The zero-order chi connectivity index (χ0) is 11.7. The number of rotatable bonds is 0. The summed E-state index contributed by atoms with van der Waals surface area (Å²) in [4.78, 5) is 12.2. The van der Waals surface area contributed by atoms with E-state index in [-0.39, 0.29) is 18.4 Å². The first-order chi connectivity index (χ1) is 7.58. The van der Waals surface area contributed by atoms with E-state index < -0.39 is 6.09 Å². The lowest BCUT2D eigenvalue weighted by Crippen LogP contribution is -2.34. The van der Waals surface area contributed by atoms with Crippen LogP contribution in [0.5, 0.6) is 11.5 Å². The van der Waals surface area contributed by atoms with Crippen molar-refractivity contribution in [3.05, 3.63) is 23.8 Å². The van der Waals surface area contributed by atoms with Crippen LogP contribution in [0.25, 0.3) is 0 Å². The van der Waals surface area contributed by atoms with Crippen LogP contribution in [0.15, 0.2) is 18.2 Å². The summed E-state index contributed by atoms with van der Waals surface area (Å²) in [5.74, 6) is 0.620. The molecule has 0 bridgehead atoms. The third-order valence-corrected chi connectivity index (χ3v) is 2.53. The number of carboxylic acid groups (broad SMARTS) is 1. The van der Waals surface area contributed by atoms with E-state index in [2.05, 4.69) is 0 Å². The van der Waals surface area contributed by atoms with Gasteiger partial charge in [-0.15, -0.1) is 0 Å². The van der Waals surface area contributed by atoms with Crippen LogP contribution in [0.3, 0.4) is 0 Å². The monoisotopic (exact) mass is 223 g/mol. The van der Waals surface area contributed by atoms with Crippen LogP contribution in [-0.2, 0) is 6.54 Å². The molecule has 5 nitrogen and oxygen atoms in total. The van der Waals surface area contributed by atoms with Gasteiger partial charge in [0.1, 0.15) is 17.6 Å². The van der Waals surface area contributed by atoms with Crippen LogP contribution < -0.4 is 4.74 Å². The molecule has 86 valence electrons. The van der Waals surface area contributed by atoms with Gasteiger partial charge in [0.25, 0.3) is 0 Å². The smallest absolute Gasteiger partial charge is 0.407 e. The molecule has 5 heteroatoms. The van der Waals surface area contributed by atoms with Gasteiger partial charge in [-0.25, -0.2) is 4.79 Å². The summed E-state index contributed by atoms with van der Waals surface area (Å²) in [5, 5.41) is 18.7. The predicted octanol–water partition coefficient (Wildman–Crippen LogP) is 1.65. The van der Waals surface area contributed by atoms with E-state index in [0.29, 0.717) is 17.9 Å². The molecule has 1 aromatic carbocycles. The zero-order valence-electron chi connectivity index (χ0n) is 8.88. The highest BCUT2D eigenvalue weighted by molar-refractivity contribution is 5.65. The molecule has 0 spiro atoms. The maximum Gasteiger partial charge on any atom is 0.407 e. The van der Waals surface area contributed by atoms with E-state index in [9.17, 15) is 9.90 Å². The Labute approximate surface area is 92.9 Å². The quantitative estimate of drug-likeness (QED) is 0.701. The van der Waals surface area contributed by atoms with Crippen LogP contribution in [0.4, 0.5) is 4.79 Å². The minimum atomic E-state index is -1.01. The van der Waals surface area contributed by atoms with Gasteiger partial charge < -0.3 is 19.8 Å². The minimum absolute atomic E-state index is 0.0675. The number of phenolic OH excluding ortho intramolecular Hbond substituents is 1. The molecular weight excluding hydrogens is 210 g/mol. The Bertz CT molecular complexity index is 418. The van der Waals surface area contributed by atoms with E-state index in [1.807, 2.05) is 0 Å². The first-order valence-electron chi connectivity index (χ1n) is 5.03. The second kappa shape index (κ2) is 3.92. The Hall–Kier alpha value is -1.91. The molecule has 1 heterocycles. The van der Waals surface area contributed by atoms with Gasteiger partial charge in [-0.2, -0.15) is 0 Å². The first-order valence-corrected chi connectivity index (χ1v) is 5.03. The van der Waals surface area contributed by atoms with Gasteiger partial charge in [0, 0.05) is 0 Å². The third-order valence-electron chi connectivity index (χ3n) is 2.53. The molecule has 1 atom stereocenters. The molecule has 0 fully saturated rings. The van der Waals surface area contributed by atoms with Crippen molar-refractivity contribution in [2.75, 3.05) is 6.54 Å². The summed E-state index contributed by atoms with van der Waals surface area (Å²) in [5.41, 5.74) is 0.522. The predicted molar refractivity (Wildman–Crippen MR) is 56.6 cm³/mol. The lowest BCUT2D eigenvalue weighted by atomic mass is 10.1. The maximum absolute atomic E-state index is 11.0. The van der Waals surface area contributed by atoms with E-state index in [1.54, 1.807) is 19.1 Å². The van der Waals surface area contributed by atoms with Crippen molar-refractivity contribution in [2.45, 2.75) is 19.6 Å². The molecule has 0 saturated heterocycles. The minimum Gasteiger partial charge on any atom is -0.507 e. The first kappa shape index (κ1) is 10.6. The van der Waals surface area contributed by atoms with Crippen molar-refractivity contribution in [1.82, 2.24) is 4.90 Å². The standard InChI is InChI=1S/C11H13NO4/c1-7-5-12(11(14)15)6-8-9(13)3-2-4-10(8)16-7/h2-4,7,13H,5-6H2,1H3,(H,14,15). The lowest BCUT2D eigenvalue weighted by molar-refractivity contribution is 0.121. The van der Waals surface area contributed by atoms with Gasteiger partial charge in [-0.3, -0.25) is 0 Å². The average Bonchev–Trinajstić information content (AvgIpc) is 2.37. The number of phenols is 1. The highest BCUT2D eigenvalue weighted by Crippen LogP contribution is 2.31. The number of carbonyl (C=O) groups is 1. The molecule has 0 radical (unpaired) electrons. The largest absolute Gasteiger partial charge is 0.507 e. The van der Waals surface area contributed by atoms with Crippen molar-refractivity contribution in [1.29, 1.82) is 0 Å². The highest BCUT2D eigenvalue weighted by atomic mass is 16.5. The average molecular weight is 223 g/mol. The van der Waals surface area contributed by atoms with Gasteiger partial charge in [0.15, 0.2) is 0 Å². The molecule has 0 saturated carbocycles. The summed E-state index contributed by atoms with van der Waals surface area (Å²) in [7, 11) is 0. The van der Waals surface area contributed by atoms with Crippen molar-refractivity contribution < 1.29 is 19.7 Å². The van der Waals surface area contributed by atoms with Gasteiger partial charge in [-0.1, -0.05) is 6.07 Å². The normalized spacial score (nSPS) is 19.6. The number of hydrogen-bond acceptors (Lipinski definition) is 3. The molecule has 1 aliphatic rings. The second-order valence-corrected chi connectivity index (χ2v) is 3.85. The summed E-state index contributed by atoms with van der Waals surface area (Å²) < 4.78 is 5.55. The number of nitrogens with zero attached hydrogens (tertiary/aromatic N) is 1. The molecule has 2 rings (SSSR count). The van der Waals surface area contributed by atoms with E-state index >= 15 is 0 Å². The number of fused-ring (bicyclic) bond motifs is 1. The number of amides is 1. The van der Waals surface area contributed by atoms with E-state index in [4.69, 9.17) is 9.84 Å². The molecular formula is C11H13NO4. The van der Waals surface area contributed by atoms with Crippen molar-refractivity contribution in [2.24, 2.45) is 0 Å². The van der Waals surface area contributed by atoms with Crippen LogP contribution >= 0.6 is 0 Å². The number of ether oxygens (including phenoxy) is 1. The number of benzene rings is 1. The van der Waals surface area contributed by atoms with Crippen LogP contribution in [-0.4, -0.2) is 33.9 Å². The Morgan fingerprint density at radius 3 is 3.00 bits per heavy atom. The van der Waals surface area contributed by atoms with Crippen LogP contribution in [0.1, 0.15) is 12.5 Å². The highest BCUT2D eigenvalue weighted by Gasteiger charge is 2.24. The molecule has 1 amide bonds. The molecule has 1 unspecified atom stereocenters. The summed E-state index contributed by atoms with van der Waals surface area (Å²) in [6, 6.07) is 4.94. The Kier molecular flexibility index (Phi) is 2.60. The molecule has 16 heavy (non-hydrogen) atoms. The third kappa shape index (κ3) is 1.88. The van der Waals surface area contributed by atoms with Gasteiger partial charge in [-0.05, 0) is 19.1 Å². The summed E-state index contributed by atoms with van der Waals surface area (Å²) in [6.45, 7) is 2.25. The van der Waals surface area contributed by atoms with Crippen molar-refractivity contribution >= 4 is 6.09 Å². The van der Waals surface area contributed by atoms with Gasteiger partial charge in [0.05, 0.1) is 18.7 Å². The Balaban J connectivity index is 2.40. The molecule has 0 aromatic heterocycles. The van der Waals surface area contributed by atoms with Crippen LogP contribution in [0, 0.1) is 0 Å². The molecule has 1 aromatic rings. The molecule has 0 aliphatic carbocycles. The topological polar surface area (TPSA) is 70.0 Å². The van der Waals surface area contributed by atoms with E-state index in [1.165, 1.54) is 11.0 Å². The Morgan fingerprint density at radius 1 is 1.56 bits per heavy atom. The summed E-state index contributed by atoms with van der Waals surface area (Å²) >= 11 is 0. The maximum atomic E-state index is 11.0. The number of aromatic hydroxyl groups is 1. The SMILES string of the molecule is CC1CN(C(=O)O)Cc2c(O)cccc2O1. The molecule has 1 aliphatic heterocycles. The lowest BCUT2D eigenvalue weighted by Gasteiger charge is -2.18. The fraction of sp³-hybridized carbons (Fsp3) is 0.364. The fourth-order valence-electron chi connectivity index (χ4n) is 1.79. The van der Waals surface area contributed by atoms with Crippen molar-refractivity contribution in [3.8, 4) is 11.5 Å². The summed E-state index contributed by atoms with van der Waals surface area (Å²) in [6.07, 6.45) is -1.23. The second-order valence-electron chi connectivity index (χ2n) is 3.85. The van der Waals surface area contributed by atoms with Crippen LogP contribution in [0.2, 0.25) is 0 Å². The fourth-order valence-corrected chi connectivity index (χ4v) is 1.79. The Morgan fingerprint density at radius 2 is 2.31 bits per heavy atom.